The number of halogens is 12. The van der Waals surface area contributed by atoms with E-state index in [0.717, 1.165) is 11.1 Å². The maximum absolute atomic E-state index is 14.1. The zero-order chi connectivity index (χ0) is 40.1. The van der Waals surface area contributed by atoms with Gasteiger partial charge in [-0.3, -0.25) is 0 Å². The van der Waals surface area contributed by atoms with E-state index in [2.05, 4.69) is 5.16 Å². The van der Waals surface area contributed by atoms with E-state index in [-0.39, 0.29) is 18.3 Å². The summed E-state index contributed by atoms with van der Waals surface area (Å²) in [5, 5.41) is 14.9. The summed E-state index contributed by atoms with van der Waals surface area (Å²) >= 11 is 0. The minimum absolute atomic E-state index is 0.165. The van der Waals surface area contributed by atoms with E-state index in [4.69, 9.17) is 0 Å². The van der Waals surface area contributed by atoms with Crippen LogP contribution in [0, 0.1) is 41.5 Å². The van der Waals surface area contributed by atoms with Crippen molar-refractivity contribution in [1.29, 1.82) is 0 Å². The summed E-state index contributed by atoms with van der Waals surface area (Å²) in [7, 11) is -3.29. The first-order valence-electron chi connectivity index (χ1n) is 16.0. The fraction of sp³-hybridized carbons (Fsp3) is 0.324. The molecule has 0 atom stereocenters. The fourth-order valence-electron chi connectivity index (χ4n) is 7.42. The first-order valence-corrected chi connectivity index (χ1v) is 18.1. The Labute approximate surface area is 299 Å². The van der Waals surface area contributed by atoms with Gasteiger partial charge in [-0.1, -0.05) is 75.7 Å². The van der Waals surface area contributed by atoms with Crippen LogP contribution in [0.4, 0.5) is 52.7 Å². The van der Waals surface area contributed by atoms with Crippen LogP contribution < -0.4 is 21.5 Å². The molecule has 0 fully saturated rings. The van der Waals surface area contributed by atoms with Crippen LogP contribution in [-0.4, -0.2) is 24.0 Å². The van der Waals surface area contributed by atoms with Gasteiger partial charge in [-0.25, -0.2) is 0 Å². The van der Waals surface area contributed by atoms with Gasteiger partial charge in [0.2, 0.25) is 6.71 Å². The van der Waals surface area contributed by atoms with Crippen LogP contribution in [0.2, 0.25) is 6.32 Å². The van der Waals surface area contributed by atoms with Crippen molar-refractivity contribution in [3.05, 3.63) is 116 Å². The normalized spacial score (nSPS) is 13.2. The summed E-state index contributed by atoms with van der Waals surface area (Å²) in [5.74, 6) is 1.25. The molecule has 0 saturated heterocycles. The Hall–Kier alpha value is -4.00. The SMILES string of the molecule is Cc1cc(C)c([P+](/C=N/O)(CCB(c2cc(C(F)(F)F)cc(C(F)(F)F)c2)c2cc(C(F)(F)F)cc(C(F)(F)F)c2)c2c(C)cc(C)cc2C)c(C)c1. The van der Waals surface area contributed by atoms with Crippen molar-refractivity contribution in [2.45, 2.75) is 72.6 Å². The molecule has 0 aliphatic carbocycles. The van der Waals surface area contributed by atoms with Crippen LogP contribution in [0.5, 0.6) is 0 Å². The molecule has 0 aliphatic rings. The Bertz CT molecular complexity index is 1790. The van der Waals surface area contributed by atoms with E-state index in [1.165, 1.54) is 5.96 Å². The molecule has 0 radical (unpaired) electrons. The number of oxime groups is 1. The van der Waals surface area contributed by atoms with Crippen LogP contribution in [0.3, 0.4) is 0 Å². The predicted octanol–water partition coefficient (Wildman–Crippen LogP) is 10.3. The molecule has 4 rings (SSSR count). The molecule has 53 heavy (non-hydrogen) atoms. The first-order chi connectivity index (χ1) is 24.2. The molecule has 2 nitrogen and oxygen atoms in total. The zero-order valence-electron chi connectivity index (χ0n) is 29.2. The Kier molecular flexibility index (Phi) is 11.6. The summed E-state index contributed by atoms with van der Waals surface area (Å²) in [4.78, 5) is 0. The van der Waals surface area contributed by atoms with Crippen molar-refractivity contribution in [3.63, 3.8) is 0 Å². The maximum atomic E-state index is 14.1. The van der Waals surface area contributed by atoms with E-state index in [9.17, 15) is 57.9 Å². The van der Waals surface area contributed by atoms with Gasteiger partial charge in [0.25, 0.3) is 0 Å². The van der Waals surface area contributed by atoms with Crippen molar-refractivity contribution >= 4 is 41.5 Å². The van der Waals surface area contributed by atoms with Crippen molar-refractivity contribution in [2.75, 3.05) is 6.16 Å². The molecule has 0 aromatic heterocycles. The Morgan fingerprint density at radius 3 is 1.04 bits per heavy atom. The minimum Gasteiger partial charge on any atom is -0.408 e. The number of alkyl halides is 12. The van der Waals surface area contributed by atoms with Gasteiger partial charge in [-0.05, 0) is 82.2 Å². The van der Waals surface area contributed by atoms with Gasteiger partial charge in [0.1, 0.15) is 17.9 Å². The van der Waals surface area contributed by atoms with E-state index < -0.39 is 78.2 Å². The Morgan fingerprint density at radius 1 is 0.509 bits per heavy atom. The summed E-state index contributed by atoms with van der Waals surface area (Å²) in [6.07, 6.45) is -22.3. The smallest absolute Gasteiger partial charge is 0.408 e. The lowest BCUT2D eigenvalue weighted by Crippen LogP contribution is -2.46. The monoisotopic (exact) mass is 778 g/mol. The average Bonchev–Trinajstić information content (AvgIpc) is 2.98. The largest absolute Gasteiger partial charge is 0.416 e. The third-order valence-electron chi connectivity index (χ3n) is 9.11. The molecule has 1 N–H and O–H groups in total. The van der Waals surface area contributed by atoms with Crippen molar-refractivity contribution in [1.82, 2.24) is 0 Å². The lowest BCUT2D eigenvalue weighted by molar-refractivity contribution is -0.144. The third-order valence-corrected chi connectivity index (χ3v) is 13.6. The van der Waals surface area contributed by atoms with Crippen LogP contribution in [0.25, 0.3) is 0 Å². The van der Waals surface area contributed by atoms with Gasteiger partial charge < -0.3 is 5.21 Å². The predicted molar refractivity (Wildman–Crippen MR) is 185 cm³/mol. The molecule has 0 heterocycles. The summed E-state index contributed by atoms with van der Waals surface area (Å²) in [6.45, 7) is 8.81. The fourth-order valence-corrected chi connectivity index (χ4v) is 12.1. The van der Waals surface area contributed by atoms with Gasteiger partial charge in [0.15, 0.2) is 5.96 Å². The highest BCUT2D eigenvalue weighted by Crippen LogP contribution is 2.58. The summed E-state index contributed by atoms with van der Waals surface area (Å²) in [6, 6.07) is 8.23. The lowest BCUT2D eigenvalue weighted by atomic mass is 9.38. The molecule has 16 heteroatoms. The number of benzene rings is 4. The Morgan fingerprint density at radius 2 is 0.792 bits per heavy atom. The highest BCUT2D eigenvalue weighted by Gasteiger charge is 2.48. The molecule has 0 amide bonds. The number of aryl methyl sites for hydroxylation is 6. The van der Waals surface area contributed by atoms with Crippen LogP contribution in [0.1, 0.15) is 55.6 Å². The van der Waals surface area contributed by atoms with Crippen LogP contribution in [-0.2, 0) is 24.7 Å². The second-order valence-electron chi connectivity index (χ2n) is 13.3. The Balaban J connectivity index is 2.16. The number of rotatable bonds is 8. The molecule has 4 aromatic carbocycles. The molecule has 0 saturated carbocycles. The van der Waals surface area contributed by atoms with E-state index >= 15 is 0 Å². The molecule has 0 aliphatic heterocycles. The van der Waals surface area contributed by atoms with Gasteiger partial charge in [-0.15, -0.1) is 0 Å². The first kappa shape index (κ1) is 41.8. The molecular formula is C37H34BF12NOP+. The van der Waals surface area contributed by atoms with E-state index in [0.29, 0.717) is 57.1 Å². The van der Waals surface area contributed by atoms with Gasteiger partial charge in [-0.2, -0.15) is 52.7 Å². The highest BCUT2D eigenvalue weighted by molar-refractivity contribution is 8.01. The van der Waals surface area contributed by atoms with Gasteiger partial charge >= 0.3 is 24.7 Å². The molecule has 284 valence electrons. The van der Waals surface area contributed by atoms with Crippen LogP contribution >= 0.6 is 7.26 Å². The van der Waals surface area contributed by atoms with E-state index in [1.54, 1.807) is 27.7 Å². The molecule has 0 unspecified atom stereocenters. The molecule has 0 spiro atoms. The maximum Gasteiger partial charge on any atom is 0.416 e. The second-order valence-corrected chi connectivity index (χ2v) is 16.6. The average molecular weight is 778 g/mol. The number of hydrogen-bond acceptors (Lipinski definition) is 2. The van der Waals surface area contributed by atoms with Gasteiger partial charge in [0.05, 0.1) is 28.4 Å². The minimum atomic E-state index is -5.36. The topological polar surface area (TPSA) is 32.6 Å². The summed E-state index contributed by atoms with van der Waals surface area (Å²) in [5.41, 5.74) is -4.34. The number of hydrogen-bond donors (Lipinski definition) is 1. The second kappa shape index (κ2) is 14.7. The highest BCUT2D eigenvalue weighted by atomic mass is 31.2. The van der Waals surface area contributed by atoms with Crippen molar-refractivity contribution in [3.8, 4) is 0 Å². The zero-order valence-corrected chi connectivity index (χ0v) is 30.1. The standard InChI is InChI=1S/C37H33BF12NOP/c1-20-9-22(3)32(23(4)10-20)53(19-51-52,33-24(5)11-21(2)12-25(33)6)8-7-38(30-15-26(34(39,40)41)13-27(16-30)35(42,43)44)31-17-28(36(45,46)47)14-29(18-31)37(48,49)50/h9-19H,7-8H2,1-6H3/p+1/b51-19+. The van der Waals surface area contributed by atoms with Crippen molar-refractivity contribution in [2.24, 2.45) is 5.16 Å². The summed E-state index contributed by atoms with van der Waals surface area (Å²) < 4.78 is 169. The van der Waals surface area contributed by atoms with Gasteiger partial charge in [0, 0.05) is 0 Å². The quantitative estimate of drug-likeness (QED) is 0.0474. The molecule has 4 aromatic rings. The van der Waals surface area contributed by atoms with E-state index in [1.807, 2.05) is 38.1 Å². The number of nitrogens with zero attached hydrogens (tertiary/aromatic N) is 1. The van der Waals surface area contributed by atoms with Crippen LogP contribution in [0.15, 0.2) is 65.8 Å². The lowest BCUT2D eigenvalue weighted by Gasteiger charge is -2.30. The molecule has 0 bridgehead atoms. The third kappa shape index (κ3) is 9.04. The van der Waals surface area contributed by atoms with Crippen molar-refractivity contribution < 1.29 is 57.9 Å². The molecular weight excluding hydrogens is 744 g/mol.